The van der Waals surface area contributed by atoms with Gasteiger partial charge >= 0.3 is 5.97 Å². The van der Waals surface area contributed by atoms with E-state index in [0.29, 0.717) is 42.6 Å². The number of hydrogen-bond acceptors (Lipinski definition) is 10. The zero-order valence-corrected chi connectivity index (χ0v) is 27.3. The number of ether oxygens (including phenoxy) is 2. The summed E-state index contributed by atoms with van der Waals surface area (Å²) in [7, 11) is -3.28. The summed E-state index contributed by atoms with van der Waals surface area (Å²) in [6, 6.07) is 18.9. The summed E-state index contributed by atoms with van der Waals surface area (Å²) < 4.78 is 49.3. The molecular weight excluding hydrogens is 663 g/mol. The van der Waals surface area contributed by atoms with E-state index < -0.39 is 70.6 Å². The summed E-state index contributed by atoms with van der Waals surface area (Å²) in [5.41, 5.74) is 2.84. The highest BCUT2D eigenvalue weighted by Crippen LogP contribution is 2.46. The molecule has 13 nitrogen and oxygen atoms in total. The third kappa shape index (κ3) is 8.62. The van der Waals surface area contributed by atoms with Gasteiger partial charge in [-0.15, -0.1) is 0 Å². The minimum absolute atomic E-state index is 0.160. The summed E-state index contributed by atoms with van der Waals surface area (Å²) in [4.78, 5) is 26.7. The molecule has 0 saturated carbocycles. The number of anilines is 1. The number of β-lactam (4-membered cyclic amide) rings is 1. The molecule has 2 heterocycles. The Labute approximate surface area is 282 Å². The third-order valence-corrected chi connectivity index (χ3v) is 9.46. The van der Waals surface area contributed by atoms with E-state index in [2.05, 4.69) is 4.72 Å². The molecule has 3 aromatic rings. The number of rotatable bonds is 14. The number of halogens is 1. The van der Waals surface area contributed by atoms with Crippen molar-refractivity contribution in [3.05, 3.63) is 95.3 Å². The Morgan fingerprint density at radius 2 is 1.63 bits per heavy atom. The molecule has 49 heavy (non-hydrogen) atoms. The molecule has 2 aliphatic heterocycles. The zero-order chi connectivity index (χ0) is 35.5. The first kappa shape index (κ1) is 36.3. The number of sulfonamides is 1. The summed E-state index contributed by atoms with van der Waals surface area (Å²) in [5, 5.41) is 50.5. The van der Waals surface area contributed by atoms with Crippen LogP contribution in [0.2, 0.25) is 0 Å². The van der Waals surface area contributed by atoms with Gasteiger partial charge in [-0.1, -0.05) is 36.4 Å². The van der Waals surface area contributed by atoms with E-state index in [9.17, 15) is 47.9 Å². The molecule has 2 unspecified atom stereocenters. The quantitative estimate of drug-likeness (QED) is 0.106. The number of nitrogens with one attached hydrogen (secondary N) is 1. The van der Waals surface area contributed by atoms with E-state index in [1.807, 2.05) is 24.3 Å². The molecule has 0 radical (unpaired) electrons. The maximum atomic E-state index is 13.6. The van der Waals surface area contributed by atoms with E-state index >= 15 is 0 Å². The Balaban J connectivity index is 1.32. The van der Waals surface area contributed by atoms with Crippen molar-refractivity contribution < 1.29 is 57.4 Å². The van der Waals surface area contributed by atoms with E-state index in [1.54, 1.807) is 17.0 Å². The van der Waals surface area contributed by atoms with Crippen LogP contribution in [0.15, 0.2) is 72.8 Å². The number of aryl methyl sites for hydroxylation is 1. The molecule has 1 amide bonds. The van der Waals surface area contributed by atoms with Crippen molar-refractivity contribution in [2.45, 2.75) is 68.5 Å². The second-order valence-corrected chi connectivity index (χ2v) is 14.1. The first-order valence-corrected chi connectivity index (χ1v) is 17.6. The number of benzene rings is 3. The smallest absolute Gasteiger partial charge is 0.335 e. The van der Waals surface area contributed by atoms with Gasteiger partial charge < -0.3 is 39.9 Å². The number of carboxylic acid groups (broad SMARTS) is 1. The van der Waals surface area contributed by atoms with Crippen LogP contribution in [0, 0.1) is 11.7 Å². The third-order valence-electron chi connectivity index (χ3n) is 8.73. The van der Waals surface area contributed by atoms with Crippen LogP contribution in [-0.2, 0) is 30.8 Å². The van der Waals surface area contributed by atoms with Gasteiger partial charge in [-0.25, -0.2) is 22.3 Å². The molecule has 0 aromatic heterocycles. The Morgan fingerprint density at radius 3 is 2.24 bits per heavy atom. The first-order chi connectivity index (χ1) is 23.2. The predicted octanol–water partition coefficient (Wildman–Crippen LogP) is 1.80. The van der Waals surface area contributed by atoms with Crippen LogP contribution in [0.1, 0.15) is 48.1 Å². The number of carbonyl (C=O) groups is 2. The number of carboxylic acids is 1. The second kappa shape index (κ2) is 15.3. The maximum absolute atomic E-state index is 13.6. The molecular formula is C34H39FN2O11S. The Morgan fingerprint density at radius 1 is 0.980 bits per heavy atom. The van der Waals surface area contributed by atoms with Gasteiger partial charge in [0.05, 0.1) is 24.3 Å². The highest BCUT2D eigenvalue weighted by molar-refractivity contribution is 7.88. The average molecular weight is 703 g/mol. The van der Waals surface area contributed by atoms with E-state index in [-0.39, 0.29) is 18.1 Å². The predicted molar refractivity (Wildman–Crippen MR) is 173 cm³/mol. The van der Waals surface area contributed by atoms with Gasteiger partial charge in [-0.2, -0.15) is 0 Å². The largest absolute Gasteiger partial charge is 0.479 e. The monoisotopic (exact) mass is 702 g/mol. The average Bonchev–Trinajstić information content (AvgIpc) is 3.06. The number of amides is 1. The van der Waals surface area contributed by atoms with Crippen molar-refractivity contribution in [2.75, 3.05) is 17.7 Å². The number of aliphatic hydroxyl groups is 4. The van der Waals surface area contributed by atoms with Crippen LogP contribution in [0.5, 0.6) is 5.75 Å². The van der Waals surface area contributed by atoms with Crippen LogP contribution < -0.4 is 14.4 Å². The summed E-state index contributed by atoms with van der Waals surface area (Å²) >= 11 is 0. The first-order valence-electron chi connectivity index (χ1n) is 15.7. The molecule has 0 spiro atoms. The molecule has 2 aliphatic rings. The molecule has 5 rings (SSSR count). The summed E-state index contributed by atoms with van der Waals surface area (Å²) in [6.07, 6.45) is -6.88. The second-order valence-electron chi connectivity index (χ2n) is 12.3. The molecule has 3 aromatic carbocycles. The SMILES string of the molecule is CS(=O)(=O)NCCCc1ccc(N2C(=O)C(CC[C@H](O)c3ccc(F)cc3)[C@H]2c2ccc(O[C@@H]3O[C@H](C(=O)O)C(O)[C@H](O)[C@H]3O)cc2)cc1. The van der Waals surface area contributed by atoms with Gasteiger partial charge in [0.2, 0.25) is 22.2 Å². The van der Waals surface area contributed by atoms with Crippen molar-refractivity contribution >= 4 is 27.6 Å². The molecule has 8 atom stereocenters. The lowest BCUT2D eigenvalue weighted by Crippen LogP contribution is -2.61. The fraction of sp³-hybridized carbons (Fsp3) is 0.412. The topological polar surface area (TPSA) is 203 Å². The number of carbonyl (C=O) groups excluding carboxylic acids is 1. The fourth-order valence-electron chi connectivity index (χ4n) is 6.09. The van der Waals surface area contributed by atoms with Gasteiger partial charge in [0.15, 0.2) is 6.10 Å². The van der Waals surface area contributed by atoms with Crippen molar-refractivity contribution in [1.82, 2.24) is 4.72 Å². The van der Waals surface area contributed by atoms with E-state index in [1.165, 1.54) is 36.4 Å². The van der Waals surface area contributed by atoms with Crippen LogP contribution in [0.4, 0.5) is 10.1 Å². The van der Waals surface area contributed by atoms with Crippen LogP contribution in [-0.4, -0.2) is 89.3 Å². The lowest BCUT2D eigenvalue weighted by Gasteiger charge is -2.48. The molecule has 15 heteroatoms. The van der Waals surface area contributed by atoms with Crippen molar-refractivity contribution in [3.63, 3.8) is 0 Å². The van der Waals surface area contributed by atoms with Gasteiger partial charge in [-0.3, -0.25) is 4.79 Å². The highest BCUT2D eigenvalue weighted by Gasteiger charge is 2.49. The zero-order valence-electron chi connectivity index (χ0n) is 26.5. The van der Waals surface area contributed by atoms with Gasteiger partial charge in [-0.05, 0) is 78.8 Å². The molecule has 0 bridgehead atoms. The number of aliphatic hydroxyl groups excluding tert-OH is 4. The molecule has 264 valence electrons. The van der Waals surface area contributed by atoms with Gasteiger partial charge in [0.1, 0.15) is 29.9 Å². The number of hydrogen-bond donors (Lipinski definition) is 6. The minimum Gasteiger partial charge on any atom is -0.479 e. The lowest BCUT2D eigenvalue weighted by molar-refractivity contribution is -0.271. The molecule has 2 fully saturated rings. The Bertz CT molecular complexity index is 1710. The summed E-state index contributed by atoms with van der Waals surface area (Å²) in [5.74, 6) is -2.47. The lowest BCUT2D eigenvalue weighted by atomic mass is 9.78. The van der Waals surface area contributed by atoms with Crippen molar-refractivity contribution in [3.8, 4) is 5.75 Å². The normalized spacial score (nSPS) is 26.2. The standard InChI is InChI=1S/C34H39FN2O11S/c1-49(45,46)36-18-2-3-19-4-12-23(13-5-19)37-27(25(32(37)42)16-17-26(38)20-6-10-22(35)11-7-20)21-8-14-24(15-9-21)47-34-30(41)28(39)29(40)31(48-34)33(43)44/h4-15,25-31,34,36,38-41H,2-3,16-18H2,1H3,(H,43,44)/t25?,26-,27+,28-,29?,30+,31-,34+/m0/s1. The van der Waals surface area contributed by atoms with Crippen molar-refractivity contribution in [2.24, 2.45) is 5.92 Å². The maximum Gasteiger partial charge on any atom is 0.335 e. The van der Waals surface area contributed by atoms with Crippen molar-refractivity contribution in [1.29, 1.82) is 0 Å². The minimum atomic E-state index is -3.28. The fourth-order valence-corrected chi connectivity index (χ4v) is 6.60. The summed E-state index contributed by atoms with van der Waals surface area (Å²) in [6.45, 7) is 0.299. The van der Waals surface area contributed by atoms with Crippen LogP contribution >= 0.6 is 0 Å². The Hall–Kier alpha value is -3.96. The highest BCUT2D eigenvalue weighted by atomic mass is 32.2. The van der Waals surface area contributed by atoms with Crippen LogP contribution in [0.25, 0.3) is 0 Å². The van der Waals surface area contributed by atoms with E-state index in [0.717, 1.165) is 11.8 Å². The number of nitrogens with zero attached hydrogens (tertiary/aromatic N) is 1. The molecule has 0 aliphatic carbocycles. The van der Waals surface area contributed by atoms with E-state index in [4.69, 9.17) is 9.47 Å². The van der Waals surface area contributed by atoms with Gasteiger partial charge in [0, 0.05) is 12.2 Å². The molecule has 2 saturated heterocycles. The van der Waals surface area contributed by atoms with Crippen LogP contribution in [0.3, 0.4) is 0 Å². The number of aliphatic carboxylic acids is 1. The van der Waals surface area contributed by atoms with Gasteiger partial charge in [0.25, 0.3) is 0 Å². The molecule has 6 N–H and O–H groups in total. The Kier molecular flexibility index (Phi) is 11.3.